The summed E-state index contributed by atoms with van der Waals surface area (Å²) in [6.45, 7) is 5.13. The molecular formula is C28H31NO6S. The fourth-order valence-electron chi connectivity index (χ4n) is 5.38. The first-order chi connectivity index (χ1) is 17.2. The predicted octanol–water partition coefficient (Wildman–Crippen LogP) is 4.66. The van der Waals surface area contributed by atoms with E-state index in [1.54, 1.807) is 17.8 Å². The van der Waals surface area contributed by atoms with Gasteiger partial charge in [0.15, 0.2) is 23.0 Å². The molecule has 2 aromatic carbocycles. The molecule has 2 aromatic rings. The molecule has 2 aliphatic rings. The molecule has 0 bridgehead atoms. The molecule has 0 saturated carbocycles. The van der Waals surface area contributed by atoms with Crippen LogP contribution in [0.2, 0.25) is 0 Å². The van der Waals surface area contributed by atoms with E-state index in [0.29, 0.717) is 12.3 Å². The number of hydrogen-bond donors (Lipinski definition) is 1. The third kappa shape index (κ3) is 4.92. The predicted molar refractivity (Wildman–Crippen MR) is 137 cm³/mol. The molecule has 0 heterocycles. The number of carbonyl (C=O) groups excluding carboxylic acids is 3. The number of rotatable bonds is 7. The quantitative estimate of drug-likeness (QED) is 0.426. The third-order valence-corrected chi connectivity index (χ3v) is 8.07. The van der Waals surface area contributed by atoms with Crippen molar-refractivity contribution in [3.63, 3.8) is 0 Å². The zero-order chi connectivity index (χ0) is 26.0. The summed E-state index contributed by atoms with van der Waals surface area (Å²) in [5.74, 6) is -0.547. The molecule has 0 aromatic heterocycles. The Bertz CT molecular complexity index is 1220. The van der Waals surface area contributed by atoms with Crippen LogP contribution in [0.3, 0.4) is 0 Å². The molecule has 0 fully saturated rings. The van der Waals surface area contributed by atoms with Crippen molar-refractivity contribution in [1.29, 1.82) is 0 Å². The van der Waals surface area contributed by atoms with E-state index in [1.807, 2.05) is 19.2 Å². The van der Waals surface area contributed by atoms with Gasteiger partial charge in [-0.05, 0) is 56.1 Å². The Labute approximate surface area is 215 Å². The summed E-state index contributed by atoms with van der Waals surface area (Å²) in [6.07, 6.45) is 2.83. The number of hydrogen-bond acceptors (Lipinski definition) is 8. The van der Waals surface area contributed by atoms with Crippen molar-refractivity contribution in [3.05, 3.63) is 64.9 Å². The van der Waals surface area contributed by atoms with Gasteiger partial charge in [0.25, 0.3) is 0 Å². The van der Waals surface area contributed by atoms with Crippen LogP contribution in [0.15, 0.2) is 53.1 Å². The van der Waals surface area contributed by atoms with Gasteiger partial charge in [0.1, 0.15) is 0 Å². The van der Waals surface area contributed by atoms with Crippen LogP contribution < -0.4 is 14.8 Å². The highest BCUT2D eigenvalue weighted by atomic mass is 32.2. The van der Waals surface area contributed by atoms with Gasteiger partial charge in [0.2, 0.25) is 0 Å². The second kappa shape index (κ2) is 10.5. The van der Waals surface area contributed by atoms with Crippen LogP contribution in [0.4, 0.5) is 0 Å². The Hall–Kier alpha value is -3.10. The molecule has 4 rings (SSSR count). The minimum Gasteiger partial charge on any atom is -0.493 e. The summed E-state index contributed by atoms with van der Waals surface area (Å²) < 4.78 is 16.7. The van der Waals surface area contributed by atoms with Crippen LogP contribution in [-0.2, 0) is 24.5 Å². The monoisotopic (exact) mass is 509 g/mol. The molecular weight excluding hydrogens is 478 g/mol. The number of esters is 2. The first-order valence-corrected chi connectivity index (χ1v) is 12.8. The molecule has 3 atom stereocenters. The van der Waals surface area contributed by atoms with Gasteiger partial charge in [-0.25, -0.2) is 0 Å². The molecule has 0 aliphatic heterocycles. The number of nitrogens with one attached hydrogen (secondary N) is 1. The first-order valence-electron chi connectivity index (χ1n) is 11.9. The van der Waals surface area contributed by atoms with Crippen LogP contribution in [0.1, 0.15) is 48.6 Å². The topological polar surface area (TPSA) is 90.9 Å². The van der Waals surface area contributed by atoms with E-state index >= 15 is 0 Å². The standard InChI is InChI=1S/C28H31NO6S/c1-16-6-8-20(9-7-16)36-25-13-19-12-24(33-5)22(32)14-28(19,15-29-4)26-21(25)10-11-23(34-17(2)30)27(26)35-18(3)31/h6-12,19,25,29H,13-15H2,1-5H3/t19-,25+,28+/m1/s1. The lowest BCUT2D eigenvalue weighted by Crippen LogP contribution is -2.50. The Balaban J connectivity index is 1.97. The van der Waals surface area contributed by atoms with Gasteiger partial charge >= 0.3 is 11.9 Å². The highest BCUT2D eigenvalue weighted by molar-refractivity contribution is 7.99. The average Bonchev–Trinajstić information content (AvgIpc) is 2.81. The number of aryl methyl sites for hydroxylation is 1. The molecule has 0 spiro atoms. The van der Waals surface area contributed by atoms with Crippen molar-refractivity contribution < 1.29 is 28.6 Å². The van der Waals surface area contributed by atoms with Crippen molar-refractivity contribution >= 4 is 29.5 Å². The number of likely N-dealkylation sites (N-methyl/N-ethyl adjacent to an activating group) is 1. The van der Waals surface area contributed by atoms with Gasteiger partial charge in [0.05, 0.1) is 7.11 Å². The van der Waals surface area contributed by atoms with Crippen LogP contribution in [0, 0.1) is 12.8 Å². The summed E-state index contributed by atoms with van der Waals surface area (Å²) in [5, 5.41) is 3.26. The number of methoxy groups -OCH3 is 1. The van der Waals surface area contributed by atoms with Crippen LogP contribution in [-0.4, -0.2) is 38.4 Å². The average molecular weight is 510 g/mol. The molecule has 0 unspecified atom stereocenters. The SMILES string of the molecule is CNC[C@@]12CC(=O)C(OC)=C[C@@H]1C[C@H](Sc1ccc(C)cc1)c1ccc(OC(C)=O)c(OC(C)=O)c12. The van der Waals surface area contributed by atoms with Gasteiger partial charge in [-0.2, -0.15) is 0 Å². The first kappa shape index (κ1) is 26.0. The fourth-order valence-corrected chi connectivity index (χ4v) is 6.63. The number of Topliss-reactive ketones (excluding diaryl/α,β-unsaturated/α-hetero) is 1. The maximum absolute atomic E-state index is 13.2. The van der Waals surface area contributed by atoms with Gasteiger partial charge < -0.3 is 19.5 Å². The zero-order valence-electron chi connectivity index (χ0n) is 21.2. The van der Waals surface area contributed by atoms with E-state index < -0.39 is 17.4 Å². The van der Waals surface area contributed by atoms with Crippen molar-refractivity contribution in [3.8, 4) is 11.5 Å². The maximum atomic E-state index is 13.2. The van der Waals surface area contributed by atoms with E-state index in [-0.39, 0.29) is 34.9 Å². The number of thioether (sulfide) groups is 1. The number of ketones is 1. The van der Waals surface area contributed by atoms with E-state index in [1.165, 1.54) is 26.5 Å². The summed E-state index contributed by atoms with van der Waals surface area (Å²) in [7, 11) is 3.34. The molecule has 2 aliphatic carbocycles. The Morgan fingerprint density at radius 1 is 1.08 bits per heavy atom. The maximum Gasteiger partial charge on any atom is 0.308 e. The number of fused-ring (bicyclic) bond motifs is 3. The normalized spacial score (nSPS) is 22.7. The van der Waals surface area contributed by atoms with Crippen molar-refractivity contribution in [1.82, 2.24) is 5.32 Å². The Kier molecular flexibility index (Phi) is 7.57. The summed E-state index contributed by atoms with van der Waals surface area (Å²) in [4.78, 5) is 38.4. The fraction of sp³-hybridized carbons (Fsp3) is 0.393. The zero-order valence-corrected chi connectivity index (χ0v) is 22.0. The van der Waals surface area contributed by atoms with E-state index in [0.717, 1.165) is 22.4 Å². The molecule has 36 heavy (non-hydrogen) atoms. The molecule has 190 valence electrons. The van der Waals surface area contributed by atoms with Crippen LogP contribution >= 0.6 is 11.8 Å². The molecule has 0 saturated heterocycles. The van der Waals surface area contributed by atoms with Gasteiger partial charge in [-0.15, -0.1) is 11.8 Å². The lowest BCUT2D eigenvalue weighted by atomic mass is 9.58. The van der Waals surface area contributed by atoms with Gasteiger partial charge in [-0.3, -0.25) is 14.4 Å². The van der Waals surface area contributed by atoms with Gasteiger partial charge in [0, 0.05) is 47.9 Å². The third-order valence-electron chi connectivity index (χ3n) is 6.79. The van der Waals surface area contributed by atoms with Crippen molar-refractivity contribution in [2.24, 2.45) is 5.92 Å². The smallest absolute Gasteiger partial charge is 0.308 e. The van der Waals surface area contributed by atoms with Crippen LogP contribution in [0.5, 0.6) is 11.5 Å². The highest BCUT2D eigenvalue weighted by Crippen LogP contribution is 2.59. The minimum atomic E-state index is -0.714. The summed E-state index contributed by atoms with van der Waals surface area (Å²) in [6, 6.07) is 11.9. The van der Waals surface area contributed by atoms with E-state index in [4.69, 9.17) is 14.2 Å². The number of benzene rings is 2. The number of allylic oxidation sites excluding steroid dienone is 2. The largest absolute Gasteiger partial charge is 0.493 e. The van der Waals surface area contributed by atoms with E-state index in [2.05, 4.69) is 36.5 Å². The molecule has 1 N–H and O–H groups in total. The summed E-state index contributed by atoms with van der Waals surface area (Å²) >= 11 is 1.72. The molecule has 0 amide bonds. The second-order valence-corrected chi connectivity index (χ2v) is 10.6. The van der Waals surface area contributed by atoms with Crippen LogP contribution in [0.25, 0.3) is 0 Å². The summed E-state index contributed by atoms with van der Waals surface area (Å²) in [5.41, 5.74) is 2.15. The number of carbonyl (C=O) groups is 3. The Morgan fingerprint density at radius 3 is 2.39 bits per heavy atom. The van der Waals surface area contributed by atoms with E-state index in [9.17, 15) is 14.4 Å². The Morgan fingerprint density at radius 2 is 1.78 bits per heavy atom. The molecule has 0 radical (unpaired) electrons. The molecule has 8 heteroatoms. The van der Waals surface area contributed by atoms with Crippen molar-refractivity contribution in [2.45, 2.75) is 49.2 Å². The molecule has 7 nitrogen and oxygen atoms in total. The second-order valence-electron chi connectivity index (χ2n) is 9.33. The van der Waals surface area contributed by atoms with Crippen molar-refractivity contribution in [2.75, 3.05) is 20.7 Å². The minimum absolute atomic E-state index is 0.000863. The lowest BCUT2D eigenvalue weighted by molar-refractivity contribution is -0.134. The van der Waals surface area contributed by atoms with Gasteiger partial charge in [-0.1, -0.05) is 23.8 Å². The lowest BCUT2D eigenvalue weighted by Gasteiger charge is -2.49. The number of ether oxygens (including phenoxy) is 3. The highest BCUT2D eigenvalue weighted by Gasteiger charge is 2.52.